The Bertz CT molecular complexity index is 335. The van der Waals surface area contributed by atoms with Crippen LogP contribution in [-0.4, -0.2) is 23.1 Å². The molecule has 0 saturated heterocycles. The fraction of sp³-hybridized carbons (Fsp3) is 0.667. The Kier molecular flexibility index (Phi) is 3.00. The Balaban J connectivity index is 2.37. The lowest BCUT2D eigenvalue weighted by atomic mass is 9.96. The molecule has 1 aromatic heterocycles. The first-order valence-corrected chi connectivity index (χ1v) is 5.55. The largest absolute Gasteiger partial charge is 0.319 e. The van der Waals surface area contributed by atoms with Crippen LogP contribution in [0.25, 0.3) is 0 Å². The maximum Gasteiger partial charge on any atom is 0.204 e. The first-order valence-electron chi connectivity index (χ1n) is 4.80. The molecule has 78 valence electrons. The lowest BCUT2D eigenvalue weighted by Crippen LogP contribution is -2.24. The standard InChI is InChI=1S/C9H13Cl2N3/c1-12-5-6-3-2-4-14-7(6)8(10)13-9(14)11/h6,12H,2-5H2,1H3. The van der Waals surface area contributed by atoms with Crippen LogP contribution in [0.5, 0.6) is 0 Å². The number of hydrogen-bond donors (Lipinski definition) is 1. The summed E-state index contributed by atoms with van der Waals surface area (Å²) in [4.78, 5) is 4.09. The van der Waals surface area contributed by atoms with Gasteiger partial charge in [-0.2, -0.15) is 0 Å². The smallest absolute Gasteiger partial charge is 0.204 e. The Labute approximate surface area is 93.4 Å². The molecule has 0 radical (unpaired) electrons. The number of nitrogens with one attached hydrogen (secondary N) is 1. The third-order valence-corrected chi connectivity index (χ3v) is 3.25. The summed E-state index contributed by atoms with van der Waals surface area (Å²) < 4.78 is 2.02. The Hall–Kier alpha value is -0.250. The predicted molar refractivity (Wildman–Crippen MR) is 58.1 cm³/mol. The van der Waals surface area contributed by atoms with E-state index in [2.05, 4.69) is 10.3 Å². The lowest BCUT2D eigenvalue weighted by molar-refractivity contribution is 0.443. The van der Waals surface area contributed by atoms with E-state index in [9.17, 15) is 0 Å². The zero-order valence-electron chi connectivity index (χ0n) is 8.06. The molecule has 2 rings (SSSR count). The molecule has 14 heavy (non-hydrogen) atoms. The van der Waals surface area contributed by atoms with Crippen LogP contribution >= 0.6 is 23.2 Å². The maximum absolute atomic E-state index is 6.05. The molecule has 5 heteroatoms. The van der Waals surface area contributed by atoms with Gasteiger partial charge in [-0.05, 0) is 31.5 Å². The van der Waals surface area contributed by atoms with Crippen LogP contribution in [0.2, 0.25) is 10.4 Å². The first kappa shape index (κ1) is 10.3. The van der Waals surface area contributed by atoms with E-state index in [1.807, 2.05) is 11.6 Å². The highest BCUT2D eigenvalue weighted by Crippen LogP contribution is 2.34. The summed E-state index contributed by atoms with van der Waals surface area (Å²) in [5, 5.41) is 4.26. The van der Waals surface area contributed by atoms with Gasteiger partial charge in [0, 0.05) is 19.0 Å². The average molecular weight is 234 g/mol. The van der Waals surface area contributed by atoms with Crippen molar-refractivity contribution in [2.75, 3.05) is 13.6 Å². The fourth-order valence-electron chi connectivity index (χ4n) is 2.09. The van der Waals surface area contributed by atoms with Crippen molar-refractivity contribution in [1.82, 2.24) is 14.9 Å². The van der Waals surface area contributed by atoms with E-state index in [0.29, 0.717) is 16.4 Å². The summed E-state index contributed by atoms with van der Waals surface area (Å²) in [6.07, 6.45) is 2.30. The van der Waals surface area contributed by atoms with E-state index in [-0.39, 0.29) is 0 Å². The summed E-state index contributed by atoms with van der Waals surface area (Å²) in [6.45, 7) is 1.87. The molecular formula is C9H13Cl2N3. The zero-order chi connectivity index (χ0) is 10.1. The predicted octanol–water partition coefficient (Wildman–Crippen LogP) is 2.29. The van der Waals surface area contributed by atoms with Gasteiger partial charge < -0.3 is 9.88 Å². The summed E-state index contributed by atoms with van der Waals surface area (Å²) in [5.41, 5.74) is 1.09. The minimum absolute atomic E-state index is 0.446. The molecule has 1 atom stereocenters. The zero-order valence-corrected chi connectivity index (χ0v) is 9.57. The van der Waals surface area contributed by atoms with Crippen molar-refractivity contribution >= 4 is 23.2 Å². The minimum Gasteiger partial charge on any atom is -0.319 e. The monoisotopic (exact) mass is 233 g/mol. The number of fused-ring (bicyclic) bond motifs is 1. The van der Waals surface area contributed by atoms with Crippen molar-refractivity contribution in [2.45, 2.75) is 25.3 Å². The van der Waals surface area contributed by atoms with Crippen LogP contribution in [0.3, 0.4) is 0 Å². The van der Waals surface area contributed by atoms with Crippen LogP contribution in [0, 0.1) is 0 Å². The number of nitrogens with zero attached hydrogens (tertiary/aromatic N) is 2. The molecule has 0 aromatic carbocycles. The minimum atomic E-state index is 0.446. The number of hydrogen-bond acceptors (Lipinski definition) is 2. The molecule has 2 heterocycles. The van der Waals surface area contributed by atoms with Gasteiger partial charge in [-0.1, -0.05) is 11.6 Å². The molecule has 1 aliphatic rings. The molecule has 0 aliphatic carbocycles. The van der Waals surface area contributed by atoms with Gasteiger partial charge in [-0.3, -0.25) is 0 Å². The lowest BCUT2D eigenvalue weighted by Gasteiger charge is -2.24. The van der Waals surface area contributed by atoms with E-state index in [1.54, 1.807) is 0 Å². The molecule has 0 bridgehead atoms. The number of likely N-dealkylation sites (N-methyl/N-ethyl adjacent to an activating group) is 1. The van der Waals surface area contributed by atoms with Crippen molar-refractivity contribution in [1.29, 1.82) is 0 Å². The molecule has 0 saturated carbocycles. The van der Waals surface area contributed by atoms with E-state index < -0.39 is 0 Å². The third-order valence-electron chi connectivity index (χ3n) is 2.69. The molecule has 1 N–H and O–H groups in total. The quantitative estimate of drug-likeness (QED) is 0.850. The molecular weight excluding hydrogens is 221 g/mol. The van der Waals surface area contributed by atoms with Crippen LogP contribution in [0.4, 0.5) is 0 Å². The van der Waals surface area contributed by atoms with Gasteiger partial charge in [0.25, 0.3) is 0 Å². The average Bonchev–Trinajstić information content (AvgIpc) is 2.44. The SMILES string of the molecule is CNCC1CCCn2c(Cl)nc(Cl)c21. The van der Waals surface area contributed by atoms with Crippen molar-refractivity contribution in [2.24, 2.45) is 0 Å². The summed E-state index contributed by atoms with van der Waals surface area (Å²) in [7, 11) is 1.95. The summed E-state index contributed by atoms with van der Waals surface area (Å²) in [6, 6.07) is 0. The second-order valence-electron chi connectivity index (χ2n) is 3.61. The molecule has 0 spiro atoms. The van der Waals surface area contributed by atoms with Crippen molar-refractivity contribution in [3.8, 4) is 0 Å². The van der Waals surface area contributed by atoms with Crippen LogP contribution < -0.4 is 5.32 Å². The van der Waals surface area contributed by atoms with Gasteiger partial charge in [-0.25, -0.2) is 4.98 Å². The number of rotatable bonds is 2. The molecule has 1 unspecified atom stereocenters. The normalized spacial score (nSPS) is 20.9. The van der Waals surface area contributed by atoms with E-state index in [4.69, 9.17) is 23.2 Å². The summed E-state index contributed by atoms with van der Waals surface area (Å²) in [5.74, 6) is 0.446. The third kappa shape index (κ3) is 1.64. The fourth-order valence-corrected chi connectivity index (χ4v) is 2.73. The van der Waals surface area contributed by atoms with E-state index >= 15 is 0 Å². The van der Waals surface area contributed by atoms with Crippen molar-refractivity contribution in [3.63, 3.8) is 0 Å². The van der Waals surface area contributed by atoms with Gasteiger partial charge in [-0.15, -0.1) is 0 Å². The number of imidazole rings is 1. The molecule has 1 aliphatic heterocycles. The van der Waals surface area contributed by atoms with Crippen molar-refractivity contribution < 1.29 is 0 Å². The first-order chi connectivity index (χ1) is 6.74. The van der Waals surface area contributed by atoms with E-state index in [0.717, 1.165) is 31.6 Å². The summed E-state index contributed by atoms with van der Waals surface area (Å²) >= 11 is 12.0. The van der Waals surface area contributed by atoms with Crippen LogP contribution in [0.1, 0.15) is 24.5 Å². The highest BCUT2D eigenvalue weighted by Gasteiger charge is 2.25. The van der Waals surface area contributed by atoms with Gasteiger partial charge in [0.15, 0.2) is 5.15 Å². The van der Waals surface area contributed by atoms with Crippen molar-refractivity contribution in [3.05, 3.63) is 16.1 Å². The molecule has 0 amide bonds. The van der Waals surface area contributed by atoms with Gasteiger partial charge in [0.2, 0.25) is 5.28 Å². The molecule has 0 fully saturated rings. The second-order valence-corrected chi connectivity index (χ2v) is 4.30. The Morgan fingerprint density at radius 3 is 3.07 bits per heavy atom. The van der Waals surface area contributed by atoms with Crippen LogP contribution in [-0.2, 0) is 6.54 Å². The van der Waals surface area contributed by atoms with E-state index in [1.165, 1.54) is 0 Å². The van der Waals surface area contributed by atoms with Gasteiger partial charge >= 0.3 is 0 Å². The van der Waals surface area contributed by atoms with Gasteiger partial charge in [0.05, 0.1) is 5.69 Å². The maximum atomic E-state index is 6.05. The molecule has 1 aromatic rings. The Morgan fingerprint density at radius 2 is 2.36 bits per heavy atom. The molecule has 3 nitrogen and oxygen atoms in total. The number of aromatic nitrogens is 2. The Morgan fingerprint density at radius 1 is 1.57 bits per heavy atom. The van der Waals surface area contributed by atoms with Crippen LogP contribution in [0.15, 0.2) is 0 Å². The van der Waals surface area contributed by atoms with Gasteiger partial charge in [0.1, 0.15) is 0 Å². The highest BCUT2D eigenvalue weighted by atomic mass is 35.5. The second kappa shape index (κ2) is 4.09. The number of halogens is 2. The topological polar surface area (TPSA) is 29.9 Å². The highest BCUT2D eigenvalue weighted by molar-refractivity contribution is 6.33.